The molecule has 1 fully saturated rings. The fourth-order valence-electron chi connectivity index (χ4n) is 4.15. The third-order valence-corrected chi connectivity index (χ3v) is 7.33. The number of carbonyl (C=O) groups excluding carboxylic acids is 3. The van der Waals surface area contributed by atoms with Gasteiger partial charge in [0.05, 0.1) is 11.3 Å². The molecule has 14 heteroatoms. The van der Waals surface area contributed by atoms with Gasteiger partial charge >= 0.3 is 24.1 Å². The van der Waals surface area contributed by atoms with Gasteiger partial charge in [0.15, 0.2) is 18.3 Å². The maximum Gasteiger partial charge on any atom is 0.468 e. The van der Waals surface area contributed by atoms with E-state index in [-0.39, 0.29) is 5.69 Å². The van der Waals surface area contributed by atoms with E-state index in [0.717, 1.165) is 25.7 Å². The van der Waals surface area contributed by atoms with Gasteiger partial charge in [-0.1, -0.05) is 36.4 Å². The largest absolute Gasteiger partial charge is 0.468 e. The van der Waals surface area contributed by atoms with Crippen molar-refractivity contribution in [2.75, 3.05) is 12.4 Å². The molecule has 0 aliphatic carbocycles. The number of benzene rings is 2. The van der Waals surface area contributed by atoms with Crippen molar-refractivity contribution in [3.63, 3.8) is 0 Å². The quantitative estimate of drug-likeness (QED) is 0.104. The second-order valence-corrected chi connectivity index (χ2v) is 11.4. The van der Waals surface area contributed by atoms with Gasteiger partial charge in [-0.3, -0.25) is 14.4 Å². The fourth-order valence-corrected chi connectivity index (χ4v) is 5.09. The number of alkyl halides is 3. The first-order chi connectivity index (χ1) is 20.6. The van der Waals surface area contributed by atoms with Crippen molar-refractivity contribution in [2.45, 2.75) is 82.0 Å². The van der Waals surface area contributed by atoms with Crippen LogP contribution < -0.4 is 0 Å². The Morgan fingerprint density at radius 1 is 0.818 bits per heavy atom. The fraction of sp³-hybridized carbons (Fsp3) is 0.467. The van der Waals surface area contributed by atoms with E-state index in [1.807, 2.05) is 30.3 Å². The van der Waals surface area contributed by atoms with Crippen LogP contribution in [0.3, 0.4) is 0 Å². The van der Waals surface area contributed by atoms with E-state index in [4.69, 9.17) is 28.4 Å². The molecule has 1 heterocycles. The van der Waals surface area contributed by atoms with Gasteiger partial charge < -0.3 is 28.4 Å². The van der Waals surface area contributed by atoms with Crippen LogP contribution in [-0.4, -0.2) is 78.6 Å². The van der Waals surface area contributed by atoms with Gasteiger partial charge in [0.1, 0.15) is 12.7 Å². The van der Waals surface area contributed by atoms with Gasteiger partial charge in [0.25, 0.3) is 5.90 Å². The van der Waals surface area contributed by atoms with Crippen LogP contribution in [0.5, 0.6) is 0 Å². The molecule has 10 nitrogen and oxygen atoms in total. The molecular weight excluding hydrogens is 607 g/mol. The van der Waals surface area contributed by atoms with Gasteiger partial charge in [-0.2, -0.15) is 13.2 Å². The van der Waals surface area contributed by atoms with E-state index < -0.39 is 72.9 Å². The molecule has 0 radical (unpaired) electrons. The Kier molecular flexibility index (Phi) is 12.2. The summed E-state index contributed by atoms with van der Waals surface area (Å²) in [6.45, 7) is 6.05. The first-order valence-corrected chi connectivity index (χ1v) is 14.5. The lowest BCUT2D eigenvalue weighted by Crippen LogP contribution is -2.64. The SMILES string of the molecule is CC(=O)OC[C@H]1OC(OC(=Nc2ccccc2)C(F)(F)F)[C@H](OC(C)(C)CSc2ccccc2)[C@@H](OC(C)=O)[C@@H]1OC(C)=O. The van der Waals surface area contributed by atoms with Crippen LogP contribution in [0.2, 0.25) is 0 Å². The van der Waals surface area contributed by atoms with Gasteiger partial charge in [0.2, 0.25) is 6.29 Å². The topological polar surface area (TPSA) is 119 Å². The van der Waals surface area contributed by atoms with Crippen LogP contribution in [0.15, 0.2) is 70.6 Å². The third-order valence-electron chi connectivity index (χ3n) is 5.89. The van der Waals surface area contributed by atoms with E-state index >= 15 is 0 Å². The van der Waals surface area contributed by atoms with Gasteiger partial charge in [-0.15, -0.1) is 11.8 Å². The predicted molar refractivity (Wildman–Crippen MR) is 153 cm³/mol. The average molecular weight is 642 g/mol. The molecule has 2 aromatic rings. The summed E-state index contributed by atoms with van der Waals surface area (Å²) in [5, 5.41) is 0. The maximum absolute atomic E-state index is 14.3. The van der Waals surface area contributed by atoms with E-state index in [1.165, 1.54) is 36.0 Å². The molecule has 44 heavy (non-hydrogen) atoms. The molecule has 0 bridgehead atoms. The van der Waals surface area contributed by atoms with Gasteiger partial charge in [0, 0.05) is 31.4 Å². The van der Waals surface area contributed by atoms with E-state index in [0.29, 0.717) is 5.75 Å². The van der Waals surface area contributed by atoms with Crippen LogP contribution >= 0.6 is 11.8 Å². The molecular formula is C30H34F3NO9S. The van der Waals surface area contributed by atoms with Crippen molar-refractivity contribution >= 4 is 41.3 Å². The van der Waals surface area contributed by atoms with Crippen LogP contribution in [0.4, 0.5) is 18.9 Å². The Morgan fingerprint density at radius 3 is 1.93 bits per heavy atom. The number of esters is 3. The molecule has 0 amide bonds. The molecule has 0 N–H and O–H groups in total. The number of aliphatic imine (C=N–C) groups is 1. The smallest absolute Gasteiger partial charge is 0.463 e. The Labute approximate surface area is 257 Å². The number of ether oxygens (including phenoxy) is 6. The van der Waals surface area contributed by atoms with Crippen molar-refractivity contribution in [3.05, 3.63) is 60.7 Å². The first kappa shape index (κ1) is 34.9. The zero-order chi connectivity index (χ0) is 32.5. The van der Waals surface area contributed by atoms with E-state index in [2.05, 4.69) is 4.99 Å². The van der Waals surface area contributed by atoms with Crippen molar-refractivity contribution in [1.82, 2.24) is 0 Å². The second kappa shape index (κ2) is 15.4. The molecule has 1 unspecified atom stereocenters. The number of carbonyl (C=O) groups is 3. The summed E-state index contributed by atoms with van der Waals surface area (Å²) in [6.07, 6.45) is -13.0. The van der Waals surface area contributed by atoms with Crippen LogP contribution in [0, 0.1) is 0 Å². The molecule has 0 spiro atoms. The molecule has 2 aromatic carbocycles. The molecule has 3 rings (SSSR count). The highest BCUT2D eigenvalue weighted by atomic mass is 32.2. The highest BCUT2D eigenvalue weighted by Gasteiger charge is 2.55. The summed E-state index contributed by atoms with van der Waals surface area (Å²) < 4.78 is 76.3. The summed E-state index contributed by atoms with van der Waals surface area (Å²) in [5.74, 6) is -3.78. The Balaban J connectivity index is 2.06. The van der Waals surface area contributed by atoms with Crippen LogP contribution in [0.1, 0.15) is 34.6 Å². The molecule has 1 aliphatic heterocycles. The van der Waals surface area contributed by atoms with E-state index in [9.17, 15) is 27.6 Å². The zero-order valence-corrected chi connectivity index (χ0v) is 25.6. The number of hydrogen-bond acceptors (Lipinski definition) is 11. The first-order valence-electron chi connectivity index (χ1n) is 13.5. The second-order valence-electron chi connectivity index (χ2n) is 10.3. The predicted octanol–water partition coefficient (Wildman–Crippen LogP) is 5.40. The summed E-state index contributed by atoms with van der Waals surface area (Å²) in [6, 6.07) is 16.6. The minimum atomic E-state index is -5.09. The average Bonchev–Trinajstić information content (AvgIpc) is 2.93. The molecule has 0 saturated carbocycles. The highest BCUT2D eigenvalue weighted by molar-refractivity contribution is 7.99. The standard InChI is InChI=1S/C30H34F3NO9S/c1-18(35)38-16-23-24(39-19(2)36)25(40-20(3)37)26(43-29(4,5)17-44-22-14-10-7-11-15-22)27(41-23)42-28(30(31,32)33)34-21-12-8-6-9-13-21/h6-15,23-27H,16-17H2,1-5H3/t23-,24-,25+,26-,27?/m1/s1. The number of thioether (sulfide) groups is 1. The Bertz CT molecular complexity index is 1290. The maximum atomic E-state index is 14.3. The highest BCUT2D eigenvalue weighted by Crippen LogP contribution is 2.36. The lowest BCUT2D eigenvalue weighted by atomic mass is 9.97. The lowest BCUT2D eigenvalue weighted by molar-refractivity contribution is -0.312. The summed E-state index contributed by atoms with van der Waals surface area (Å²) >= 11 is 1.41. The molecule has 240 valence electrons. The van der Waals surface area contributed by atoms with Gasteiger partial charge in [-0.05, 0) is 38.1 Å². The van der Waals surface area contributed by atoms with Crippen molar-refractivity contribution in [2.24, 2.45) is 4.99 Å². The third kappa shape index (κ3) is 10.8. The van der Waals surface area contributed by atoms with Gasteiger partial charge in [-0.25, -0.2) is 4.99 Å². The number of rotatable bonds is 11. The number of para-hydroxylation sites is 1. The lowest BCUT2D eigenvalue weighted by Gasteiger charge is -2.46. The molecule has 0 aromatic heterocycles. The number of halogens is 3. The monoisotopic (exact) mass is 641 g/mol. The van der Waals surface area contributed by atoms with Crippen LogP contribution in [-0.2, 0) is 42.8 Å². The summed E-state index contributed by atoms with van der Waals surface area (Å²) in [4.78, 5) is 40.5. The van der Waals surface area contributed by atoms with Crippen LogP contribution in [0.25, 0.3) is 0 Å². The minimum absolute atomic E-state index is 0.0570. The van der Waals surface area contributed by atoms with Crippen molar-refractivity contribution < 1.29 is 56.0 Å². The Morgan fingerprint density at radius 2 is 1.39 bits per heavy atom. The number of hydrogen-bond donors (Lipinski definition) is 0. The molecule has 5 atom stereocenters. The molecule has 1 saturated heterocycles. The van der Waals surface area contributed by atoms with Crippen molar-refractivity contribution in [1.29, 1.82) is 0 Å². The van der Waals surface area contributed by atoms with Crippen molar-refractivity contribution in [3.8, 4) is 0 Å². The number of nitrogens with zero attached hydrogens (tertiary/aromatic N) is 1. The zero-order valence-electron chi connectivity index (χ0n) is 24.7. The minimum Gasteiger partial charge on any atom is -0.463 e. The normalized spacial score (nSPS) is 22.5. The summed E-state index contributed by atoms with van der Waals surface area (Å²) in [5.41, 5.74) is -1.15. The Hall–Kier alpha value is -3.62. The summed E-state index contributed by atoms with van der Waals surface area (Å²) in [7, 11) is 0. The molecule has 1 aliphatic rings. The van der Waals surface area contributed by atoms with E-state index in [1.54, 1.807) is 19.9 Å².